The lowest BCUT2D eigenvalue weighted by Gasteiger charge is -2.38. The number of rotatable bonds is 5. The summed E-state index contributed by atoms with van der Waals surface area (Å²) in [6, 6.07) is 8.16. The van der Waals surface area contributed by atoms with Gasteiger partial charge in [0.15, 0.2) is 5.82 Å². The van der Waals surface area contributed by atoms with Crippen molar-refractivity contribution in [3.05, 3.63) is 47.8 Å². The fourth-order valence-electron chi connectivity index (χ4n) is 5.46. The molecule has 1 atom stereocenters. The highest BCUT2D eigenvalue weighted by Gasteiger charge is 2.34. The molecule has 1 unspecified atom stereocenters. The predicted molar refractivity (Wildman–Crippen MR) is 127 cm³/mol. The zero-order valence-corrected chi connectivity index (χ0v) is 19.8. The molecule has 31 heavy (non-hydrogen) atoms. The maximum Gasteiger partial charge on any atom is 0.159 e. The SMILES string of the molecule is CC.Cc1cnc(-c2ccc(C(OO)C3CCC(C4CCC(C)CC4)CC3)cc2)nc1. The topological polar surface area (TPSA) is 55.2 Å². The van der Waals surface area contributed by atoms with Crippen molar-refractivity contribution in [1.29, 1.82) is 0 Å². The van der Waals surface area contributed by atoms with Crippen LogP contribution >= 0.6 is 0 Å². The summed E-state index contributed by atoms with van der Waals surface area (Å²) in [6.45, 7) is 8.38. The second-order valence-corrected chi connectivity index (χ2v) is 9.43. The Kier molecular flexibility index (Phi) is 9.03. The zero-order valence-electron chi connectivity index (χ0n) is 19.8. The third-order valence-corrected chi connectivity index (χ3v) is 7.36. The molecule has 0 radical (unpaired) electrons. The lowest BCUT2D eigenvalue weighted by Crippen LogP contribution is -2.27. The molecule has 170 valence electrons. The second kappa shape index (κ2) is 11.7. The van der Waals surface area contributed by atoms with Gasteiger partial charge in [-0.25, -0.2) is 14.9 Å². The highest BCUT2D eigenvalue weighted by Crippen LogP contribution is 2.44. The van der Waals surface area contributed by atoms with E-state index in [1.165, 1.54) is 38.5 Å². The molecular formula is C27H40N2O2. The molecule has 4 nitrogen and oxygen atoms in total. The Morgan fingerprint density at radius 2 is 1.35 bits per heavy atom. The van der Waals surface area contributed by atoms with E-state index in [1.54, 1.807) is 0 Å². The van der Waals surface area contributed by atoms with Crippen LogP contribution in [-0.4, -0.2) is 15.2 Å². The first-order valence-electron chi connectivity index (χ1n) is 12.3. The van der Waals surface area contributed by atoms with Crippen LogP contribution in [-0.2, 0) is 4.89 Å². The Bertz CT molecular complexity index is 759. The zero-order chi connectivity index (χ0) is 22.2. The summed E-state index contributed by atoms with van der Waals surface area (Å²) in [5.41, 5.74) is 3.08. The van der Waals surface area contributed by atoms with Crippen molar-refractivity contribution in [2.75, 3.05) is 0 Å². The van der Waals surface area contributed by atoms with Gasteiger partial charge in [0.25, 0.3) is 0 Å². The van der Waals surface area contributed by atoms with Crippen LogP contribution in [0.4, 0.5) is 0 Å². The summed E-state index contributed by atoms with van der Waals surface area (Å²) in [4.78, 5) is 13.8. The molecule has 0 bridgehead atoms. The van der Waals surface area contributed by atoms with Crippen LogP contribution in [0.1, 0.15) is 89.4 Å². The lowest BCUT2D eigenvalue weighted by molar-refractivity contribution is -0.296. The predicted octanol–water partition coefficient (Wildman–Crippen LogP) is 7.64. The molecule has 1 heterocycles. The van der Waals surface area contributed by atoms with E-state index in [0.717, 1.165) is 53.1 Å². The van der Waals surface area contributed by atoms with E-state index >= 15 is 0 Å². The molecule has 4 heteroatoms. The maximum absolute atomic E-state index is 9.67. The van der Waals surface area contributed by atoms with Crippen molar-refractivity contribution in [3.8, 4) is 11.4 Å². The van der Waals surface area contributed by atoms with E-state index in [2.05, 4.69) is 16.9 Å². The van der Waals surface area contributed by atoms with Gasteiger partial charge in [0.05, 0.1) is 0 Å². The third-order valence-electron chi connectivity index (χ3n) is 7.36. The number of nitrogens with zero attached hydrogens (tertiary/aromatic N) is 2. The Balaban J connectivity index is 0.00000132. The van der Waals surface area contributed by atoms with Gasteiger partial charge >= 0.3 is 0 Å². The number of aromatic nitrogens is 2. The molecule has 2 aliphatic carbocycles. The van der Waals surface area contributed by atoms with Crippen LogP contribution in [0.2, 0.25) is 0 Å². The van der Waals surface area contributed by atoms with Gasteiger partial charge in [-0.3, -0.25) is 5.26 Å². The van der Waals surface area contributed by atoms with Gasteiger partial charge in [-0.2, -0.15) is 0 Å². The summed E-state index contributed by atoms with van der Waals surface area (Å²) in [5.74, 6) is 3.84. The van der Waals surface area contributed by atoms with Gasteiger partial charge in [-0.15, -0.1) is 0 Å². The van der Waals surface area contributed by atoms with E-state index in [-0.39, 0.29) is 6.10 Å². The second-order valence-electron chi connectivity index (χ2n) is 9.43. The number of hydrogen-bond acceptors (Lipinski definition) is 4. The van der Waals surface area contributed by atoms with E-state index in [4.69, 9.17) is 4.89 Å². The highest BCUT2D eigenvalue weighted by molar-refractivity contribution is 5.55. The van der Waals surface area contributed by atoms with Crippen LogP contribution in [0, 0.1) is 30.6 Å². The van der Waals surface area contributed by atoms with Gasteiger partial charge in [0.2, 0.25) is 0 Å². The van der Waals surface area contributed by atoms with E-state index < -0.39 is 0 Å². The first-order valence-corrected chi connectivity index (χ1v) is 12.3. The number of aryl methyl sites for hydroxylation is 1. The molecule has 2 fully saturated rings. The van der Waals surface area contributed by atoms with Crippen molar-refractivity contribution in [2.24, 2.45) is 23.7 Å². The quantitative estimate of drug-likeness (QED) is 0.396. The minimum Gasteiger partial charge on any atom is -0.251 e. The molecule has 4 rings (SSSR count). The minimum absolute atomic E-state index is 0.240. The standard InChI is InChI=1S/C25H34N2O2.C2H6/c1-17-3-5-19(6-4-17)20-7-9-21(10-8-20)24(29-28)22-11-13-23(14-12-22)25-26-15-18(2)16-27-25;1-2/h11-17,19-21,24,28H,3-10H2,1-2H3;1-2H3. The molecule has 0 amide bonds. The Labute approximate surface area is 188 Å². The van der Waals surface area contributed by atoms with Crippen molar-refractivity contribution >= 4 is 0 Å². The molecule has 0 saturated heterocycles. The average molecular weight is 425 g/mol. The number of benzene rings is 1. The van der Waals surface area contributed by atoms with E-state index in [1.807, 2.05) is 57.4 Å². The molecule has 0 aliphatic heterocycles. The van der Waals surface area contributed by atoms with Crippen molar-refractivity contribution in [2.45, 2.75) is 85.2 Å². The first-order chi connectivity index (χ1) is 15.1. The molecule has 1 aromatic heterocycles. The third kappa shape index (κ3) is 6.14. The molecular weight excluding hydrogens is 384 g/mol. The van der Waals surface area contributed by atoms with Gasteiger partial charge in [0.1, 0.15) is 6.10 Å². The van der Waals surface area contributed by atoms with E-state index in [9.17, 15) is 5.26 Å². The largest absolute Gasteiger partial charge is 0.251 e. The molecule has 1 N–H and O–H groups in total. The number of hydrogen-bond donors (Lipinski definition) is 1. The first kappa shape index (κ1) is 23.9. The van der Waals surface area contributed by atoms with Crippen molar-refractivity contribution in [1.82, 2.24) is 9.97 Å². The molecule has 2 saturated carbocycles. The van der Waals surface area contributed by atoms with Gasteiger partial charge in [-0.05, 0) is 80.2 Å². The Morgan fingerprint density at radius 1 is 0.839 bits per heavy atom. The highest BCUT2D eigenvalue weighted by atomic mass is 17.1. The molecule has 1 aromatic carbocycles. The van der Waals surface area contributed by atoms with Crippen LogP contribution < -0.4 is 0 Å². The maximum atomic E-state index is 9.67. The van der Waals surface area contributed by atoms with Crippen molar-refractivity contribution < 1.29 is 10.1 Å². The van der Waals surface area contributed by atoms with Gasteiger partial charge < -0.3 is 0 Å². The molecule has 2 aliphatic rings. The molecule has 0 spiro atoms. The smallest absolute Gasteiger partial charge is 0.159 e. The van der Waals surface area contributed by atoms with Gasteiger partial charge in [0, 0.05) is 18.0 Å². The fourth-order valence-corrected chi connectivity index (χ4v) is 5.46. The van der Waals surface area contributed by atoms with Gasteiger partial charge in [-0.1, -0.05) is 57.9 Å². The normalized spacial score (nSPS) is 27.1. The van der Waals surface area contributed by atoms with Crippen LogP contribution in [0.25, 0.3) is 11.4 Å². The minimum atomic E-state index is -0.240. The monoisotopic (exact) mass is 424 g/mol. The Morgan fingerprint density at radius 3 is 1.87 bits per heavy atom. The summed E-state index contributed by atoms with van der Waals surface area (Å²) >= 11 is 0. The summed E-state index contributed by atoms with van der Waals surface area (Å²) in [5, 5.41) is 9.67. The van der Waals surface area contributed by atoms with Crippen molar-refractivity contribution in [3.63, 3.8) is 0 Å². The summed E-state index contributed by atoms with van der Waals surface area (Å²) in [7, 11) is 0. The van der Waals surface area contributed by atoms with Crippen LogP contribution in [0.15, 0.2) is 36.7 Å². The summed E-state index contributed by atoms with van der Waals surface area (Å²) in [6.07, 6.45) is 13.9. The fraction of sp³-hybridized carbons (Fsp3) is 0.630. The average Bonchev–Trinajstić information content (AvgIpc) is 2.83. The van der Waals surface area contributed by atoms with E-state index in [0.29, 0.717) is 5.92 Å². The Hall–Kier alpha value is -1.78. The lowest BCUT2D eigenvalue weighted by atomic mass is 9.68. The van der Waals surface area contributed by atoms with Crippen LogP contribution in [0.5, 0.6) is 0 Å². The van der Waals surface area contributed by atoms with Crippen LogP contribution in [0.3, 0.4) is 0 Å². The molecule has 2 aromatic rings. The summed E-state index contributed by atoms with van der Waals surface area (Å²) < 4.78 is 0.